The van der Waals surface area contributed by atoms with Gasteiger partial charge >= 0.3 is 12.0 Å². The average Bonchev–Trinajstić information content (AvgIpc) is 2.52. The molecule has 0 spiro atoms. The zero-order valence-electron chi connectivity index (χ0n) is 12.2. The number of imide groups is 1. The van der Waals surface area contributed by atoms with Gasteiger partial charge in [-0.05, 0) is 31.1 Å². The van der Waals surface area contributed by atoms with Gasteiger partial charge in [-0.2, -0.15) is 0 Å². The predicted molar refractivity (Wildman–Crippen MR) is 74.2 cm³/mol. The van der Waals surface area contributed by atoms with Gasteiger partial charge in [0.15, 0.2) is 0 Å². The molecule has 0 aromatic rings. The van der Waals surface area contributed by atoms with E-state index in [9.17, 15) is 14.4 Å². The highest BCUT2D eigenvalue weighted by Gasteiger charge is 2.21. The Hall–Kier alpha value is -1.59. The largest absolute Gasteiger partial charge is 0.481 e. The smallest absolute Gasteiger partial charge is 0.324 e. The zero-order valence-corrected chi connectivity index (χ0v) is 12.2. The number of carbonyl (C=O) groups excluding carboxylic acids is 2. The van der Waals surface area contributed by atoms with Crippen molar-refractivity contribution in [2.75, 3.05) is 13.1 Å². The molecule has 0 aliphatic carbocycles. The van der Waals surface area contributed by atoms with E-state index in [1.54, 1.807) is 11.8 Å². The van der Waals surface area contributed by atoms with Gasteiger partial charge in [-0.25, -0.2) is 4.79 Å². The van der Waals surface area contributed by atoms with Gasteiger partial charge in [0.2, 0.25) is 5.91 Å². The van der Waals surface area contributed by atoms with Crippen LogP contribution in [0.2, 0.25) is 0 Å². The highest BCUT2D eigenvalue weighted by atomic mass is 16.4. The van der Waals surface area contributed by atoms with Gasteiger partial charge in [-0.3, -0.25) is 14.9 Å². The standard InChI is InChI=1S/C14H24N2O4/c1-10-4-3-6-16(7-5-10)14(20)15-12(17)8-11(2)9-13(18)19/h10-11H,3-9H2,1-2H3,(H,18,19)(H,15,17,20). The van der Waals surface area contributed by atoms with Crippen LogP contribution in [-0.2, 0) is 9.59 Å². The van der Waals surface area contributed by atoms with E-state index < -0.39 is 11.9 Å². The number of nitrogens with zero attached hydrogens (tertiary/aromatic N) is 1. The molecule has 6 nitrogen and oxygen atoms in total. The van der Waals surface area contributed by atoms with Gasteiger partial charge < -0.3 is 10.0 Å². The Kier molecular flexibility index (Phi) is 6.48. The van der Waals surface area contributed by atoms with Crippen molar-refractivity contribution in [3.8, 4) is 0 Å². The Morgan fingerprint density at radius 1 is 1.25 bits per heavy atom. The predicted octanol–water partition coefficient (Wildman–Crippen LogP) is 1.85. The van der Waals surface area contributed by atoms with Gasteiger partial charge in [0.1, 0.15) is 0 Å². The SMILES string of the molecule is CC1CCCN(C(=O)NC(=O)CC(C)CC(=O)O)CC1. The molecule has 20 heavy (non-hydrogen) atoms. The molecule has 0 saturated carbocycles. The lowest BCUT2D eigenvalue weighted by molar-refractivity contribution is -0.138. The maximum Gasteiger partial charge on any atom is 0.324 e. The first-order chi connectivity index (χ1) is 9.38. The van der Waals surface area contributed by atoms with E-state index in [1.807, 2.05) is 0 Å². The molecule has 6 heteroatoms. The fourth-order valence-electron chi connectivity index (χ4n) is 2.40. The number of likely N-dealkylation sites (tertiary alicyclic amines) is 1. The van der Waals surface area contributed by atoms with Gasteiger partial charge in [0.05, 0.1) is 0 Å². The van der Waals surface area contributed by atoms with Crippen molar-refractivity contribution in [1.29, 1.82) is 0 Å². The average molecular weight is 284 g/mol. The molecule has 2 N–H and O–H groups in total. The summed E-state index contributed by atoms with van der Waals surface area (Å²) in [5.74, 6) is -0.997. The molecular formula is C14H24N2O4. The van der Waals surface area contributed by atoms with E-state index >= 15 is 0 Å². The molecule has 0 aromatic heterocycles. The summed E-state index contributed by atoms with van der Waals surface area (Å²) in [7, 11) is 0. The van der Waals surface area contributed by atoms with Crippen molar-refractivity contribution in [2.24, 2.45) is 11.8 Å². The van der Waals surface area contributed by atoms with Crippen LogP contribution in [0.5, 0.6) is 0 Å². The summed E-state index contributed by atoms with van der Waals surface area (Å²) in [6, 6.07) is -0.355. The van der Waals surface area contributed by atoms with Crippen molar-refractivity contribution in [3.63, 3.8) is 0 Å². The summed E-state index contributed by atoms with van der Waals surface area (Å²) < 4.78 is 0. The first-order valence-electron chi connectivity index (χ1n) is 7.19. The minimum Gasteiger partial charge on any atom is -0.481 e. The molecule has 0 bridgehead atoms. The first kappa shape index (κ1) is 16.5. The Morgan fingerprint density at radius 2 is 1.95 bits per heavy atom. The number of carboxylic acids is 1. The highest BCUT2D eigenvalue weighted by Crippen LogP contribution is 2.16. The maximum atomic E-state index is 11.9. The monoisotopic (exact) mass is 284 g/mol. The number of carboxylic acid groups (broad SMARTS) is 1. The molecule has 1 saturated heterocycles. The normalized spacial score (nSPS) is 20.9. The third-order valence-electron chi connectivity index (χ3n) is 3.61. The second kappa shape index (κ2) is 7.87. The maximum absolute atomic E-state index is 11.9. The van der Waals surface area contributed by atoms with Crippen LogP contribution in [0, 0.1) is 11.8 Å². The number of urea groups is 1. The quantitative estimate of drug-likeness (QED) is 0.824. The number of hydrogen-bond acceptors (Lipinski definition) is 3. The summed E-state index contributed by atoms with van der Waals surface area (Å²) in [6.45, 7) is 5.20. The van der Waals surface area contributed by atoms with Crippen molar-refractivity contribution in [2.45, 2.75) is 46.0 Å². The summed E-state index contributed by atoms with van der Waals surface area (Å²) >= 11 is 0. The zero-order chi connectivity index (χ0) is 15.1. The van der Waals surface area contributed by atoms with E-state index in [2.05, 4.69) is 12.2 Å². The third-order valence-corrected chi connectivity index (χ3v) is 3.61. The number of hydrogen-bond donors (Lipinski definition) is 2. The van der Waals surface area contributed by atoms with Crippen LogP contribution >= 0.6 is 0 Å². The Labute approximate surface area is 119 Å². The van der Waals surface area contributed by atoms with Crippen molar-refractivity contribution < 1.29 is 19.5 Å². The molecule has 114 valence electrons. The summed E-state index contributed by atoms with van der Waals surface area (Å²) in [4.78, 5) is 35.8. The number of rotatable bonds is 4. The van der Waals surface area contributed by atoms with Crippen molar-refractivity contribution in [1.82, 2.24) is 10.2 Å². The molecule has 0 aromatic carbocycles. The van der Waals surface area contributed by atoms with Crippen LogP contribution in [0.1, 0.15) is 46.0 Å². The van der Waals surface area contributed by atoms with E-state index in [4.69, 9.17) is 5.11 Å². The fourth-order valence-corrected chi connectivity index (χ4v) is 2.40. The van der Waals surface area contributed by atoms with Crippen LogP contribution in [0.15, 0.2) is 0 Å². The van der Waals surface area contributed by atoms with Gasteiger partial charge in [-0.1, -0.05) is 13.8 Å². The molecule has 1 fully saturated rings. The lowest BCUT2D eigenvalue weighted by Gasteiger charge is -2.20. The summed E-state index contributed by atoms with van der Waals surface area (Å²) in [6.07, 6.45) is 3.01. The number of nitrogens with one attached hydrogen (secondary N) is 1. The highest BCUT2D eigenvalue weighted by molar-refractivity contribution is 5.94. The third kappa shape index (κ3) is 6.04. The lowest BCUT2D eigenvalue weighted by Crippen LogP contribution is -2.43. The van der Waals surface area contributed by atoms with Gasteiger partial charge in [0.25, 0.3) is 0 Å². The summed E-state index contributed by atoms with van der Waals surface area (Å²) in [5.41, 5.74) is 0. The second-order valence-electron chi connectivity index (χ2n) is 5.78. The molecule has 0 radical (unpaired) electrons. The number of amides is 3. The molecular weight excluding hydrogens is 260 g/mol. The molecule has 1 rings (SSSR count). The molecule has 1 heterocycles. The number of aliphatic carboxylic acids is 1. The first-order valence-corrected chi connectivity index (χ1v) is 7.19. The molecule has 1 aliphatic rings. The number of carbonyl (C=O) groups is 3. The van der Waals surface area contributed by atoms with E-state index in [0.717, 1.165) is 19.3 Å². The van der Waals surface area contributed by atoms with Crippen LogP contribution in [-0.4, -0.2) is 41.0 Å². The van der Waals surface area contributed by atoms with Crippen LogP contribution in [0.25, 0.3) is 0 Å². The van der Waals surface area contributed by atoms with Gasteiger partial charge in [0, 0.05) is 25.9 Å². The van der Waals surface area contributed by atoms with Crippen molar-refractivity contribution in [3.05, 3.63) is 0 Å². The van der Waals surface area contributed by atoms with Gasteiger partial charge in [-0.15, -0.1) is 0 Å². The minimum atomic E-state index is -0.932. The second-order valence-corrected chi connectivity index (χ2v) is 5.78. The topological polar surface area (TPSA) is 86.7 Å². The minimum absolute atomic E-state index is 0.0578. The Bertz CT molecular complexity index is 370. The van der Waals surface area contributed by atoms with Crippen LogP contribution in [0.3, 0.4) is 0 Å². The molecule has 2 atom stereocenters. The molecule has 2 unspecified atom stereocenters. The van der Waals surface area contributed by atoms with E-state index in [0.29, 0.717) is 19.0 Å². The summed E-state index contributed by atoms with van der Waals surface area (Å²) in [5, 5.41) is 11.0. The van der Waals surface area contributed by atoms with Crippen LogP contribution in [0.4, 0.5) is 4.79 Å². The Morgan fingerprint density at radius 3 is 2.60 bits per heavy atom. The fraction of sp³-hybridized carbons (Fsp3) is 0.786. The lowest BCUT2D eigenvalue weighted by atomic mass is 10.0. The van der Waals surface area contributed by atoms with E-state index in [1.165, 1.54) is 0 Å². The van der Waals surface area contributed by atoms with Crippen LogP contribution < -0.4 is 5.32 Å². The van der Waals surface area contributed by atoms with E-state index in [-0.39, 0.29) is 24.8 Å². The Balaban J connectivity index is 2.37. The molecule has 3 amide bonds. The van der Waals surface area contributed by atoms with Crippen molar-refractivity contribution >= 4 is 17.9 Å². The molecule has 1 aliphatic heterocycles.